The van der Waals surface area contributed by atoms with Crippen molar-refractivity contribution >= 4 is 57.8 Å². The number of amides is 3. The molecule has 32 heavy (non-hydrogen) atoms. The van der Waals surface area contributed by atoms with Crippen molar-refractivity contribution in [2.45, 2.75) is 13.3 Å². The molecule has 9 nitrogen and oxygen atoms in total. The zero-order valence-electron chi connectivity index (χ0n) is 16.9. The molecule has 0 aliphatic carbocycles. The lowest BCUT2D eigenvalue weighted by atomic mass is 10.1. The maximum absolute atomic E-state index is 12.6. The van der Waals surface area contributed by atoms with Crippen molar-refractivity contribution in [3.05, 3.63) is 80.2 Å². The molecule has 2 N–H and O–H groups in total. The molecule has 1 fully saturated rings. The number of rotatable bonds is 6. The number of hydrogen-bond donors (Lipinski definition) is 2. The van der Waals surface area contributed by atoms with Crippen molar-refractivity contribution in [3.63, 3.8) is 0 Å². The number of nitrogens with zero attached hydrogens (tertiary/aromatic N) is 2. The fourth-order valence-corrected chi connectivity index (χ4v) is 4.02. The van der Waals surface area contributed by atoms with Crippen LogP contribution in [0.3, 0.4) is 0 Å². The van der Waals surface area contributed by atoms with Crippen molar-refractivity contribution in [2.75, 3.05) is 6.54 Å². The Hall–Kier alpha value is -3.57. The summed E-state index contributed by atoms with van der Waals surface area (Å²) in [6.07, 6.45) is 1.67. The molecule has 3 amide bonds. The second kappa shape index (κ2) is 10.2. The van der Waals surface area contributed by atoms with Crippen LogP contribution in [0.5, 0.6) is 0 Å². The van der Waals surface area contributed by atoms with Gasteiger partial charge in [-0.1, -0.05) is 53.8 Å². The molecule has 1 aliphatic heterocycles. The van der Waals surface area contributed by atoms with Crippen LogP contribution in [0.4, 0.5) is 5.69 Å². The Kier molecular flexibility index (Phi) is 7.33. The van der Waals surface area contributed by atoms with Gasteiger partial charge in [0.05, 0.1) is 9.83 Å². The van der Waals surface area contributed by atoms with E-state index in [-0.39, 0.29) is 30.1 Å². The Balaban J connectivity index is 1.50. The summed E-state index contributed by atoms with van der Waals surface area (Å²) in [5.41, 5.74) is 6.47. The second-order valence-electron chi connectivity index (χ2n) is 6.80. The number of nitro groups is 1. The fraction of sp³-hybridized carbons (Fsp3) is 0.143. The van der Waals surface area contributed by atoms with Crippen molar-refractivity contribution in [2.24, 2.45) is 0 Å². The molecule has 1 heterocycles. The van der Waals surface area contributed by atoms with Crippen LogP contribution >= 0.6 is 24.0 Å². The van der Waals surface area contributed by atoms with Gasteiger partial charge in [-0.15, -0.1) is 0 Å². The highest BCUT2D eigenvalue weighted by Gasteiger charge is 2.32. The molecule has 2 aromatic carbocycles. The molecular formula is C21H18N4O5S2. The van der Waals surface area contributed by atoms with Gasteiger partial charge in [0.15, 0.2) is 0 Å². The van der Waals surface area contributed by atoms with E-state index in [9.17, 15) is 24.5 Å². The summed E-state index contributed by atoms with van der Waals surface area (Å²) < 4.78 is 0.357. The fourth-order valence-electron chi connectivity index (χ4n) is 2.72. The Labute approximate surface area is 193 Å². The van der Waals surface area contributed by atoms with Gasteiger partial charge in [-0.05, 0) is 30.7 Å². The first-order chi connectivity index (χ1) is 15.2. The lowest BCUT2D eigenvalue weighted by Crippen LogP contribution is -2.43. The minimum atomic E-state index is -0.625. The summed E-state index contributed by atoms with van der Waals surface area (Å²) in [5, 5.41) is 10.7. The normalized spacial score (nSPS) is 14.5. The Bertz CT molecular complexity index is 1110. The highest BCUT2D eigenvalue weighted by atomic mass is 32.2. The van der Waals surface area contributed by atoms with E-state index in [0.717, 1.165) is 11.1 Å². The number of nitro benzene ring substituents is 1. The smallest absolute Gasteiger partial charge is 0.269 e. The molecule has 0 atom stereocenters. The number of non-ortho nitro benzene ring substituents is 1. The van der Waals surface area contributed by atoms with Crippen molar-refractivity contribution < 1.29 is 19.3 Å². The second-order valence-corrected chi connectivity index (χ2v) is 8.48. The summed E-state index contributed by atoms with van der Waals surface area (Å²) in [6, 6.07) is 12.6. The Morgan fingerprint density at radius 3 is 2.41 bits per heavy atom. The van der Waals surface area contributed by atoms with Crippen LogP contribution in [0.15, 0.2) is 53.4 Å². The average Bonchev–Trinajstić information content (AvgIpc) is 3.04. The zero-order valence-corrected chi connectivity index (χ0v) is 18.5. The van der Waals surface area contributed by atoms with Gasteiger partial charge in [-0.3, -0.25) is 40.2 Å². The highest BCUT2D eigenvalue weighted by Crippen LogP contribution is 2.32. The number of hydrogen-bond acceptors (Lipinski definition) is 7. The Morgan fingerprint density at radius 2 is 1.78 bits per heavy atom. The van der Waals surface area contributed by atoms with Crippen LogP contribution in [0, 0.1) is 17.0 Å². The van der Waals surface area contributed by atoms with Crippen LogP contribution in [0.1, 0.15) is 27.9 Å². The van der Waals surface area contributed by atoms with Crippen molar-refractivity contribution in [1.29, 1.82) is 0 Å². The first-order valence-corrected chi connectivity index (χ1v) is 10.6. The van der Waals surface area contributed by atoms with E-state index in [1.54, 1.807) is 6.08 Å². The predicted molar refractivity (Wildman–Crippen MR) is 124 cm³/mol. The first kappa shape index (κ1) is 23.1. The largest absolute Gasteiger partial charge is 0.292 e. The van der Waals surface area contributed by atoms with Gasteiger partial charge in [-0.25, -0.2) is 0 Å². The van der Waals surface area contributed by atoms with Crippen LogP contribution in [0.2, 0.25) is 0 Å². The summed E-state index contributed by atoms with van der Waals surface area (Å²) >= 11 is 6.43. The zero-order chi connectivity index (χ0) is 23.3. The molecule has 0 saturated carbocycles. The van der Waals surface area contributed by atoms with Gasteiger partial charge in [0.1, 0.15) is 4.32 Å². The molecule has 164 valence electrons. The lowest BCUT2D eigenvalue weighted by Gasteiger charge is -2.14. The lowest BCUT2D eigenvalue weighted by molar-refractivity contribution is -0.384. The van der Waals surface area contributed by atoms with Gasteiger partial charge >= 0.3 is 0 Å². The molecule has 3 rings (SSSR count). The molecule has 0 radical (unpaired) electrons. The molecule has 0 spiro atoms. The van der Waals surface area contributed by atoms with Crippen molar-refractivity contribution in [1.82, 2.24) is 15.8 Å². The minimum Gasteiger partial charge on any atom is -0.292 e. The van der Waals surface area contributed by atoms with E-state index in [4.69, 9.17) is 12.2 Å². The van der Waals surface area contributed by atoms with Gasteiger partial charge in [0.25, 0.3) is 17.5 Å². The average molecular weight is 471 g/mol. The summed E-state index contributed by atoms with van der Waals surface area (Å²) in [7, 11) is 0. The van der Waals surface area contributed by atoms with E-state index < -0.39 is 16.7 Å². The number of carbonyl (C=O) groups excluding carboxylic acids is 3. The van der Waals surface area contributed by atoms with Crippen LogP contribution in [0.25, 0.3) is 6.08 Å². The third kappa shape index (κ3) is 5.77. The molecule has 1 saturated heterocycles. The van der Waals surface area contributed by atoms with E-state index in [0.29, 0.717) is 9.23 Å². The minimum absolute atomic E-state index is 0.0646. The van der Waals surface area contributed by atoms with Gasteiger partial charge in [0.2, 0.25) is 5.91 Å². The third-order valence-corrected chi connectivity index (χ3v) is 5.84. The Morgan fingerprint density at radius 1 is 1.12 bits per heavy atom. The number of carbonyl (C=O) groups is 3. The number of thioether (sulfide) groups is 1. The van der Waals surface area contributed by atoms with E-state index in [2.05, 4.69) is 10.9 Å². The number of nitrogens with one attached hydrogen (secondary N) is 2. The number of thiocarbonyl (C=S) groups is 1. The number of hydrazine groups is 1. The molecular weight excluding hydrogens is 452 g/mol. The summed E-state index contributed by atoms with van der Waals surface area (Å²) in [5.74, 6) is -1.42. The van der Waals surface area contributed by atoms with Crippen LogP contribution in [-0.4, -0.2) is 38.4 Å². The summed E-state index contributed by atoms with van der Waals surface area (Å²) in [6.45, 7) is 2.04. The molecule has 1 aliphatic rings. The van der Waals surface area contributed by atoms with Crippen molar-refractivity contribution in [3.8, 4) is 0 Å². The van der Waals surface area contributed by atoms with Gasteiger partial charge in [0, 0.05) is 30.7 Å². The summed E-state index contributed by atoms with van der Waals surface area (Å²) in [4.78, 5) is 48.6. The highest BCUT2D eigenvalue weighted by molar-refractivity contribution is 8.26. The van der Waals surface area contributed by atoms with E-state index in [1.807, 2.05) is 31.2 Å². The molecule has 2 aromatic rings. The maximum Gasteiger partial charge on any atom is 0.269 e. The maximum atomic E-state index is 12.6. The number of benzene rings is 2. The first-order valence-electron chi connectivity index (χ1n) is 9.40. The van der Waals surface area contributed by atoms with E-state index >= 15 is 0 Å². The number of aryl methyl sites for hydroxylation is 1. The van der Waals surface area contributed by atoms with Gasteiger partial charge in [-0.2, -0.15) is 0 Å². The quantitative estimate of drug-likeness (QED) is 0.288. The monoisotopic (exact) mass is 470 g/mol. The molecule has 0 unspecified atom stereocenters. The third-order valence-electron chi connectivity index (χ3n) is 4.47. The molecule has 11 heteroatoms. The SMILES string of the molecule is Cc1ccc(/C=C2\SC(=S)N(CCC(=O)NNC(=O)c3ccc([N+](=O)[O-])cc3)C2=O)cc1. The van der Waals surface area contributed by atoms with Crippen LogP contribution < -0.4 is 10.9 Å². The van der Waals surface area contributed by atoms with E-state index in [1.165, 1.54) is 40.9 Å². The molecule has 0 bridgehead atoms. The standard InChI is InChI=1S/C21H18N4O5S2/c1-13-2-4-14(5-3-13)12-17-20(28)24(21(31)32-17)11-10-18(26)22-23-19(27)15-6-8-16(9-7-15)25(29)30/h2-9,12H,10-11H2,1H3,(H,22,26)(H,23,27)/b17-12-. The predicted octanol–water partition coefficient (Wildman–Crippen LogP) is 2.96. The van der Waals surface area contributed by atoms with Crippen LogP contribution in [-0.2, 0) is 9.59 Å². The topological polar surface area (TPSA) is 122 Å². The molecule has 0 aromatic heterocycles. The van der Waals surface area contributed by atoms with Gasteiger partial charge < -0.3 is 0 Å².